The van der Waals surface area contributed by atoms with Gasteiger partial charge in [0.2, 0.25) is 0 Å². The first-order valence-corrected chi connectivity index (χ1v) is 9.86. The van der Waals surface area contributed by atoms with Crippen LogP contribution in [0.5, 0.6) is 0 Å². The molecule has 1 aliphatic carbocycles. The van der Waals surface area contributed by atoms with Crippen molar-refractivity contribution in [3.05, 3.63) is 45.1 Å². The number of hydrogen-bond donors (Lipinski definition) is 1. The molecule has 0 aromatic carbocycles. The SMILES string of the molecule is CCOC(=O)c1cc(C2CC2)c2c(C)c(N3CCC(C(=O)O)C3)c(F)cn2c1=O. The van der Waals surface area contributed by atoms with Gasteiger partial charge in [-0.2, -0.15) is 0 Å². The second-order valence-corrected chi connectivity index (χ2v) is 7.75. The predicted octanol–water partition coefficient (Wildman–Crippen LogP) is 2.71. The van der Waals surface area contributed by atoms with Crippen molar-refractivity contribution in [1.82, 2.24) is 4.40 Å². The van der Waals surface area contributed by atoms with E-state index in [1.807, 2.05) is 0 Å². The average molecular weight is 402 g/mol. The molecular formula is C21H23FN2O5. The van der Waals surface area contributed by atoms with Gasteiger partial charge in [-0.15, -0.1) is 0 Å². The molecule has 154 valence electrons. The van der Waals surface area contributed by atoms with Crippen LogP contribution in [0, 0.1) is 18.7 Å². The zero-order valence-electron chi connectivity index (χ0n) is 16.4. The quantitative estimate of drug-likeness (QED) is 0.774. The Bertz CT molecular complexity index is 1070. The minimum atomic E-state index is -0.889. The first-order chi connectivity index (χ1) is 13.8. The number of aryl methyl sites for hydroxylation is 1. The van der Waals surface area contributed by atoms with Crippen molar-refractivity contribution in [2.45, 2.75) is 39.0 Å². The predicted molar refractivity (Wildman–Crippen MR) is 104 cm³/mol. The van der Waals surface area contributed by atoms with E-state index in [0.29, 0.717) is 29.7 Å². The first kappa shape index (κ1) is 19.4. The van der Waals surface area contributed by atoms with Gasteiger partial charge >= 0.3 is 11.9 Å². The van der Waals surface area contributed by atoms with Crippen LogP contribution in [0.4, 0.5) is 10.1 Å². The van der Waals surface area contributed by atoms with Crippen molar-refractivity contribution >= 4 is 23.1 Å². The van der Waals surface area contributed by atoms with E-state index in [4.69, 9.17) is 4.74 Å². The highest BCUT2D eigenvalue weighted by molar-refractivity contribution is 5.90. The van der Waals surface area contributed by atoms with E-state index in [0.717, 1.165) is 24.6 Å². The summed E-state index contributed by atoms with van der Waals surface area (Å²) in [5.74, 6) is -2.53. The summed E-state index contributed by atoms with van der Waals surface area (Å²) in [5.41, 5.74) is 1.65. The maximum absolute atomic E-state index is 15.1. The number of aromatic nitrogens is 1. The molecule has 1 atom stereocenters. The maximum atomic E-state index is 15.1. The molecule has 2 fully saturated rings. The molecule has 3 heterocycles. The van der Waals surface area contributed by atoms with E-state index >= 15 is 4.39 Å². The van der Waals surface area contributed by atoms with E-state index < -0.39 is 29.2 Å². The highest BCUT2D eigenvalue weighted by atomic mass is 19.1. The van der Waals surface area contributed by atoms with Gasteiger partial charge in [0.1, 0.15) is 5.56 Å². The number of nitrogens with zero attached hydrogens (tertiary/aromatic N) is 2. The molecule has 1 aliphatic heterocycles. The van der Waals surface area contributed by atoms with Crippen molar-refractivity contribution in [2.24, 2.45) is 5.92 Å². The lowest BCUT2D eigenvalue weighted by Crippen LogP contribution is -2.28. The van der Waals surface area contributed by atoms with Crippen LogP contribution in [0.15, 0.2) is 17.1 Å². The highest BCUT2D eigenvalue weighted by Crippen LogP contribution is 2.44. The Morgan fingerprint density at radius 2 is 2.03 bits per heavy atom. The number of rotatable bonds is 5. The maximum Gasteiger partial charge on any atom is 0.343 e. The van der Waals surface area contributed by atoms with Gasteiger partial charge in [-0.05, 0) is 56.2 Å². The molecule has 8 heteroatoms. The lowest BCUT2D eigenvalue weighted by atomic mass is 10.0. The third kappa shape index (κ3) is 3.26. The Hall–Kier alpha value is -2.90. The van der Waals surface area contributed by atoms with E-state index in [2.05, 4.69) is 0 Å². The summed E-state index contributed by atoms with van der Waals surface area (Å²) < 4.78 is 21.3. The van der Waals surface area contributed by atoms with E-state index in [-0.39, 0.29) is 24.6 Å². The van der Waals surface area contributed by atoms with Crippen molar-refractivity contribution in [3.63, 3.8) is 0 Å². The number of carboxylic acid groups (broad SMARTS) is 1. The molecule has 2 aromatic heterocycles. The molecule has 1 unspecified atom stereocenters. The number of anilines is 1. The number of fused-ring (bicyclic) bond motifs is 1. The van der Waals surface area contributed by atoms with E-state index in [1.165, 1.54) is 4.40 Å². The smallest absolute Gasteiger partial charge is 0.343 e. The zero-order chi connectivity index (χ0) is 20.9. The minimum Gasteiger partial charge on any atom is -0.481 e. The number of carbonyl (C=O) groups excluding carboxylic acids is 1. The molecule has 1 N–H and O–H groups in total. The number of esters is 1. The van der Waals surface area contributed by atoms with Gasteiger partial charge in [-0.1, -0.05) is 0 Å². The summed E-state index contributed by atoms with van der Waals surface area (Å²) in [7, 11) is 0. The monoisotopic (exact) mass is 402 g/mol. The summed E-state index contributed by atoms with van der Waals surface area (Å²) >= 11 is 0. The summed E-state index contributed by atoms with van der Waals surface area (Å²) in [4.78, 5) is 38.2. The van der Waals surface area contributed by atoms with Crippen LogP contribution in [-0.4, -0.2) is 41.1 Å². The molecular weight excluding hydrogens is 379 g/mol. The van der Waals surface area contributed by atoms with Crippen LogP contribution in [0.3, 0.4) is 0 Å². The van der Waals surface area contributed by atoms with Gasteiger partial charge < -0.3 is 14.7 Å². The lowest BCUT2D eigenvalue weighted by Gasteiger charge is -2.24. The summed E-state index contributed by atoms with van der Waals surface area (Å²) in [6.07, 6.45) is 3.44. The number of ether oxygens (including phenoxy) is 1. The number of halogens is 1. The lowest BCUT2D eigenvalue weighted by molar-refractivity contribution is -0.140. The molecule has 7 nitrogen and oxygen atoms in total. The average Bonchev–Trinajstić information content (AvgIpc) is 3.39. The number of aliphatic carboxylic acids is 1. The van der Waals surface area contributed by atoms with Gasteiger partial charge in [0.25, 0.3) is 5.56 Å². The Morgan fingerprint density at radius 3 is 2.62 bits per heavy atom. The third-order valence-corrected chi connectivity index (χ3v) is 5.81. The molecule has 1 saturated heterocycles. The van der Waals surface area contributed by atoms with Crippen molar-refractivity contribution in [2.75, 3.05) is 24.6 Å². The van der Waals surface area contributed by atoms with Crippen molar-refractivity contribution < 1.29 is 23.8 Å². The Kier molecular flexibility index (Phi) is 4.80. The van der Waals surface area contributed by atoms with Crippen LogP contribution >= 0.6 is 0 Å². The van der Waals surface area contributed by atoms with Gasteiger partial charge in [0.15, 0.2) is 5.82 Å². The summed E-state index contributed by atoms with van der Waals surface area (Å²) in [5, 5.41) is 9.27. The fourth-order valence-corrected chi connectivity index (χ4v) is 4.26. The normalized spacial score (nSPS) is 19.0. The van der Waals surface area contributed by atoms with E-state index in [1.54, 1.807) is 24.8 Å². The number of pyridine rings is 2. The number of hydrogen-bond acceptors (Lipinski definition) is 5. The fraction of sp³-hybridized carbons (Fsp3) is 0.476. The topological polar surface area (TPSA) is 88.3 Å². The van der Waals surface area contributed by atoms with Crippen LogP contribution in [-0.2, 0) is 9.53 Å². The minimum absolute atomic E-state index is 0.0927. The van der Waals surface area contributed by atoms with Crippen LogP contribution < -0.4 is 10.5 Å². The molecule has 2 aromatic rings. The van der Waals surface area contributed by atoms with Crippen molar-refractivity contribution in [1.29, 1.82) is 0 Å². The molecule has 0 radical (unpaired) electrons. The van der Waals surface area contributed by atoms with E-state index in [9.17, 15) is 19.5 Å². The number of carbonyl (C=O) groups is 2. The van der Waals surface area contributed by atoms with Crippen molar-refractivity contribution in [3.8, 4) is 0 Å². The molecule has 4 rings (SSSR count). The molecule has 0 amide bonds. The van der Waals surface area contributed by atoms with Gasteiger partial charge in [0.05, 0.1) is 29.9 Å². The third-order valence-electron chi connectivity index (χ3n) is 5.81. The van der Waals surface area contributed by atoms with Gasteiger partial charge in [-0.25, -0.2) is 9.18 Å². The first-order valence-electron chi connectivity index (χ1n) is 9.86. The molecule has 1 saturated carbocycles. The molecule has 0 bridgehead atoms. The second kappa shape index (κ2) is 7.17. The second-order valence-electron chi connectivity index (χ2n) is 7.75. The van der Waals surface area contributed by atoms with Crippen LogP contribution in [0.2, 0.25) is 0 Å². The number of carboxylic acids is 1. The fourth-order valence-electron chi connectivity index (χ4n) is 4.26. The Morgan fingerprint density at radius 1 is 1.31 bits per heavy atom. The van der Waals surface area contributed by atoms with Crippen LogP contribution in [0.25, 0.3) is 5.52 Å². The Balaban J connectivity index is 1.91. The highest BCUT2D eigenvalue weighted by Gasteiger charge is 2.34. The summed E-state index contributed by atoms with van der Waals surface area (Å²) in [6.45, 7) is 4.22. The largest absolute Gasteiger partial charge is 0.481 e. The molecule has 0 spiro atoms. The Labute approximate surface area is 166 Å². The molecule has 2 aliphatic rings. The summed E-state index contributed by atoms with van der Waals surface area (Å²) in [6, 6.07) is 1.59. The zero-order valence-corrected chi connectivity index (χ0v) is 16.4. The standard InChI is InChI=1S/C21H23FN2O5/c1-3-29-21(28)15-8-14(12-4-5-12)17-11(2)18(16(22)10-24(17)19(15)25)23-7-6-13(9-23)20(26)27/h8,10,12-13H,3-7,9H2,1-2H3,(H,26,27). The molecule has 29 heavy (non-hydrogen) atoms. The van der Waals surface area contributed by atoms with Gasteiger partial charge in [-0.3, -0.25) is 14.0 Å². The van der Waals surface area contributed by atoms with Gasteiger partial charge in [0, 0.05) is 13.1 Å². The van der Waals surface area contributed by atoms with Crippen LogP contribution in [0.1, 0.15) is 53.6 Å².